The lowest BCUT2D eigenvalue weighted by molar-refractivity contribution is 1.09. The van der Waals surface area contributed by atoms with Crippen LogP contribution in [0.25, 0.3) is 110 Å². The quantitative estimate of drug-likeness (QED) is 0.181. The summed E-state index contributed by atoms with van der Waals surface area (Å²) in [5, 5.41) is 7.39. The Labute approximate surface area is 311 Å². The van der Waals surface area contributed by atoms with Crippen molar-refractivity contribution in [1.29, 1.82) is 0 Å². The van der Waals surface area contributed by atoms with Crippen molar-refractivity contribution < 1.29 is 0 Å². The van der Waals surface area contributed by atoms with E-state index in [2.05, 4.69) is 191 Å². The van der Waals surface area contributed by atoms with Gasteiger partial charge in [0.05, 0.1) is 22.1 Å². The van der Waals surface area contributed by atoms with Crippen LogP contribution in [0.15, 0.2) is 188 Å². The Morgan fingerprint density at radius 3 is 1.67 bits per heavy atom. The number of hydrogen-bond acceptors (Lipinski definition) is 1. The maximum Gasteiger partial charge on any atom is 0.146 e. The van der Waals surface area contributed by atoms with Crippen LogP contribution in [0.1, 0.15) is 0 Å². The van der Waals surface area contributed by atoms with Crippen LogP contribution >= 0.6 is 0 Å². The summed E-state index contributed by atoms with van der Waals surface area (Å²) in [6.07, 6.45) is 2.04. The number of pyridine rings is 1. The Balaban J connectivity index is 1.04. The molecule has 0 bridgehead atoms. The molecule has 250 valence electrons. The predicted molar refractivity (Wildman–Crippen MR) is 226 cm³/mol. The van der Waals surface area contributed by atoms with E-state index in [4.69, 9.17) is 4.98 Å². The van der Waals surface area contributed by atoms with Crippen LogP contribution in [0.3, 0.4) is 0 Å². The molecule has 3 nitrogen and oxygen atoms in total. The number of para-hydroxylation sites is 2. The van der Waals surface area contributed by atoms with Crippen LogP contribution in [-0.2, 0) is 0 Å². The molecule has 0 radical (unpaired) electrons. The van der Waals surface area contributed by atoms with Crippen LogP contribution in [0.2, 0.25) is 0 Å². The third-order valence-corrected chi connectivity index (χ3v) is 11.5. The molecule has 3 heteroatoms. The van der Waals surface area contributed by atoms with Crippen molar-refractivity contribution in [3.05, 3.63) is 188 Å². The molecule has 0 saturated heterocycles. The summed E-state index contributed by atoms with van der Waals surface area (Å²) in [4.78, 5) is 5.21. The van der Waals surface area contributed by atoms with Crippen molar-refractivity contribution in [2.45, 2.75) is 0 Å². The lowest BCUT2D eigenvalue weighted by Gasteiger charge is -2.13. The van der Waals surface area contributed by atoms with Gasteiger partial charge in [0.25, 0.3) is 0 Å². The minimum absolute atomic E-state index is 0.976. The van der Waals surface area contributed by atoms with E-state index in [1.807, 2.05) is 6.20 Å². The number of benzene rings is 8. The smallest absolute Gasteiger partial charge is 0.146 e. The summed E-state index contributed by atoms with van der Waals surface area (Å²) in [6, 6.07) is 66.2. The molecule has 1 aliphatic rings. The van der Waals surface area contributed by atoms with E-state index < -0.39 is 0 Å². The first-order chi connectivity index (χ1) is 26.8. The first-order valence-corrected chi connectivity index (χ1v) is 18.5. The number of hydrogen-bond donors (Lipinski definition) is 0. The fourth-order valence-electron chi connectivity index (χ4n) is 9.12. The Morgan fingerprint density at radius 1 is 0.352 bits per heavy atom. The largest absolute Gasteiger partial charge is 0.309 e. The molecule has 8 aromatic carbocycles. The summed E-state index contributed by atoms with van der Waals surface area (Å²) in [5.41, 5.74) is 15.7. The fraction of sp³-hybridized carbons (Fsp3) is 0. The average molecular weight is 686 g/mol. The number of nitrogens with zero attached hydrogens (tertiary/aromatic N) is 3. The first-order valence-electron chi connectivity index (χ1n) is 18.5. The maximum atomic E-state index is 5.21. The summed E-state index contributed by atoms with van der Waals surface area (Å²) in [5.74, 6) is 0.976. The van der Waals surface area contributed by atoms with E-state index in [1.165, 1.54) is 87.9 Å². The lowest BCUT2D eigenvalue weighted by Crippen LogP contribution is -2.00. The van der Waals surface area contributed by atoms with Crippen molar-refractivity contribution in [2.75, 3.05) is 0 Å². The summed E-state index contributed by atoms with van der Waals surface area (Å²) >= 11 is 0. The number of rotatable bonds is 4. The SMILES string of the molecule is c1ccc(-c2cccc(-n3c4ccccc4c4cc(-c5ccc6c(c5)c5ccccc5n6-c5ncc6cccc7c6c5-c5ccccc5-7)ccc43)c2)cc1. The van der Waals surface area contributed by atoms with Crippen molar-refractivity contribution in [1.82, 2.24) is 14.1 Å². The number of aromatic nitrogens is 3. The molecule has 0 spiro atoms. The van der Waals surface area contributed by atoms with Gasteiger partial charge in [0, 0.05) is 49.8 Å². The monoisotopic (exact) mass is 685 g/mol. The van der Waals surface area contributed by atoms with Crippen molar-refractivity contribution in [2.24, 2.45) is 0 Å². The van der Waals surface area contributed by atoms with Crippen LogP contribution in [-0.4, -0.2) is 14.1 Å². The number of fused-ring (bicyclic) bond motifs is 9. The molecule has 3 heterocycles. The van der Waals surface area contributed by atoms with Gasteiger partial charge in [-0.25, -0.2) is 4.98 Å². The van der Waals surface area contributed by atoms with Gasteiger partial charge in [-0.15, -0.1) is 0 Å². The van der Waals surface area contributed by atoms with Gasteiger partial charge in [-0.05, 0) is 87.5 Å². The van der Waals surface area contributed by atoms with Gasteiger partial charge in [0.1, 0.15) is 5.82 Å². The van der Waals surface area contributed by atoms with E-state index in [-0.39, 0.29) is 0 Å². The topological polar surface area (TPSA) is 22.8 Å². The lowest BCUT2D eigenvalue weighted by atomic mass is 10.0. The Kier molecular flexibility index (Phi) is 6.05. The highest BCUT2D eigenvalue weighted by Gasteiger charge is 2.27. The standard InChI is InChI=1S/C51H31N3/c1-2-12-32(13-3-1)33-14-10-16-37(28-33)53-45-22-8-6-18-39(45)43-29-34(24-26-47(43)53)35-25-27-48-44(30-35)40-19-7-9-23-46(40)54(48)51-50-42-20-5-4-17-38(42)41-21-11-15-36(31-52-51)49(41)50/h1-31H. The molecule has 0 aliphatic heterocycles. The van der Waals surface area contributed by atoms with E-state index in [0.29, 0.717) is 0 Å². The molecule has 0 atom stereocenters. The van der Waals surface area contributed by atoms with Gasteiger partial charge in [-0.1, -0.05) is 133 Å². The summed E-state index contributed by atoms with van der Waals surface area (Å²) < 4.78 is 4.78. The molecule has 0 unspecified atom stereocenters. The van der Waals surface area contributed by atoms with Gasteiger partial charge in [-0.3, -0.25) is 4.57 Å². The second-order valence-corrected chi connectivity index (χ2v) is 14.4. The molecule has 0 N–H and O–H groups in total. The highest BCUT2D eigenvalue weighted by molar-refractivity contribution is 6.19. The van der Waals surface area contributed by atoms with Gasteiger partial charge < -0.3 is 4.57 Å². The van der Waals surface area contributed by atoms with Crippen LogP contribution in [0.5, 0.6) is 0 Å². The molecule has 11 aromatic rings. The minimum atomic E-state index is 0.976. The van der Waals surface area contributed by atoms with E-state index in [9.17, 15) is 0 Å². The van der Waals surface area contributed by atoms with Crippen molar-refractivity contribution >= 4 is 54.4 Å². The zero-order chi connectivity index (χ0) is 35.3. The summed E-state index contributed by atoms with van der Waals surface area (Å²) in [7, 11) is 0. The van der Waals surface area contributed by atoms with Crippen molar-refractivity contribution in [3.63, 3.8) is 0 Å². The van der Waals surface area contributed by atoms with Gasteiger partial charge in [-0.2, -0.15) is 0 Å². The molecule has 54 heavy (non-hydrogen) atoms. The van der Waals surface area contributed by atoms with Crippen LogP contribution in [0, 0.1) is 0 Å². The highest BCUT2D eigenvalue weighted by Crippen LogP contribution is 2.50. The zero-order valence-corrected chi connectivity index (χ0v) is 29.2. The molecule has 0 amide bonds. The molecule has 3 aromatic heterocycles. The molecule has 0 fully saturated rings. The van der Waals surface area contributed by atoms with Crippen LogP contribution < -0.4 is 0 Å². The summed E-state index contributed by atoms with van der Waals surface area (Å²) in [6.45, 7) is 0. The van der Waals surface area contributed by atoms with E-state index in [1.54, 1.807) is 0 Å². The highest BCUT2D eigenvalue weighted by atomic mass is 15.1. The second-order valence-electron chi connectivity index (χ2n) is 14.4. The second kappa shape index (κ2) is 11.1. The molecular formula is C51H31N3. The minimum Gasteiger partial charge on any atom is -0.309 e. The Morgan fingerprint density at radius 2 is 0.907 bits per heavy atom. The first kappa shape index (κ1) is 29.4. The fourth-order valence-corrected chi connectivity index (χ4v) is 9.12. The van der Waals surface area contributed by atoms with Crippen molar-refractivity contribution in [3.8, 4) is 56.0 Å². The van der Waals surface area contributed by atoms with Gasteiger partial charge in [0.2, 0.25) is 0 Å². The predicted octanol–water partition coefficient (Wildman–Crippen LogP) is 13.4. The maximum absolute atomic E-state index is 5.21. The van der Waals surface area contributed by atoms with E-state index >= 15 is 0 Å². The third-order valence-electron chi connectivity index (χ3n) is 11.5. The van der Waals surface area contributed by atoms with Gasteiger partial charge in [0.15, 0.2) is 0 Å². The normalized spacial score (nSPS) is 12.1. The average Bonchev–Trinajstić information content (AvgIpc) is 3.88. The zero-order valence-electron chi connectivity index (χ0n) is 29.2. The Hall–Kier alpha value is -7.23. The third kappa shape index (κ3) is 4.09. The van der Waals surface area contributed by atoms with Gasteiger partial charge >= 0.3 is 0 Å². The Bertz CT molecular complexity index is 3330. The van der Waals surface area contributed by atoms with Crippen LogP contribution in [0.4, 0.5) is 0 Å². The molecular weight excluding hydrogens is 655 g/mol. The molecule has 1 aliphatic carbocycles. The molecule has 12 rings (SSSR count). The molecule has 0 saturated carbocycles. The van der Waals surface area contributed by atoms with E-state index in [0.717, 1.165) is 22.5 Å².